The highest BCUT2D eigenvalue weighted by molar-refractivity contribution is 5.87. The first-order chi connectivity index (χ1) is 8.24. The van der Waals surface area contributed by atoms with Gasteiger partial charge in [0.2, 0.25) is 0 Å². The van der Waals surface area contributed by atoms with Crippen molar-refractivity contribution >= 4 is 5.97 Å². The number of hydrogen-bond acceptors (Lipinski definition) is 4. The molecule has 0 radical (unpaired) electrons. The fourth-order valence-electron chi connectivity index (χ4n) is 1.47. The fraction of sp³-hybridized carbons (Fsp3) is 0.583. The Morgan fingerprint density at radius 2 is 2.29 bits per heavy atom. The van der Waals surface area contributed by atoms with Gasteiger partial charge in [-0.25, -0.2) is 4.79 Å². The highest BCUT2D eigenvalue weighted by atomic mass is 16.5. The molecule has 0 aliphatic heterocycles. The molecule has 1 aromatic rings. The summed E-state index contributed by atoms with van der Waals surface area (Å²) in [5.41, 5.74) is 0.196. The van der Waals surface area contributed by atoms with Gasteiger partial charge in [-0.3, -0.25) is 0 Å². The van der Waals surface area contributed by atoms with Crippen LogP contribution in [0, 0.1) is 0 Å². The Labute approximate surface area is 101 Å². The van der Waals surface area contributed by atoms with E-state index in [0.29, 0.717) is 12.3 Å². The number of carboxylic acid groups (broad SMARTS) is 1. The van der Waals surface area contributed by atoms with Gasteiger partial charge in [-0.15, -0.1) is 0 Å². The molecule has 1 heterocycles. The van der Waals surface area contributed by atoms with Crippen LogP contribution in [0.5, 0.6) is 0 Å². The van der Waals surface area contributed by atoms with Crippen molar-refractivity contribution < 1.29 is 19.1 Å². The van der Waals surface area contributed by atoms with Crippen LogP contribution in [0.3, 0.4) is 0 Å². The van der Waals surface area contributed by atoms with E-state index < -0.39 is 5.97 Å². The Balaban J connectivity index is 2.07. The summed E-state index contributed by atoms with van der Waals surface area (Å²) >= 11 is 0. The minimum atomic E-state index is -0.959. The number of nitrogens with one attached hydrogen (secondary N) is 1. The van der Waals surface area contributed by atoms with Crippen LogP contribution in [-0.2, 0) is 11.3 Å². The Morgan fingerprint density at radius 3 is 2.94 bits per heavy atom. The molecule has 0 atom stereocenters. The smallest absolute Gasteiger partial charge is 0.338 e. The lowest BCUT2D eigenvalue weighted by Gasteiger charge is -2.02. The molecule has 0 saturated carbocycles. The third kappa shape index (κ3) is 5.51. The topological polar surface area (TPSA) is 71.7 Å². The van der Waals surface area contributed by atoms with E-state index in [2.05, 4.69) is 5.32 Å². The number of carbonyl (C=O) groups is 1. The number of aromatic carboxylic acids is 1. The summed E-state index contributed by atoms with van der Waals surface area (Å²) in [6, 6.07) is 1.54. The zero-order valence-electron chi connectivity index (χ0n) is 10.1. The first-order valence-electron chi connectivity index (χ1n) is 5.74. The molecule has 17 heavy (non-hydrogen) atoms. The third-order valence-corrected chi connectivity index (χ3v) is 2.40. The van der Waals surface area contributed by atoms with Crippen molar-refractivity contribution in [3.8, 4) is 0 Å². The average molecular weight is 241 g/mol. The summed E-state index contributed by atoms with van der Waals surface area (Å²) in [5.74, 6) is -0.307. The lowest BCUT2D eigenvalue weighted by Crippen LogP contribution is -2.14. The van der Waals surface area contributed by atoms with E-state index in [1.807, 2.05) is 0 Å². The maximum Gasteiger partial charge on any atom is 0.338 e. The molecular formula is C12H19NO4. The lowest BCUT2D eigenvalue weighted by atomic mass is 10.2. The second kappa shape index (κ2) is 7.86. The number of furan rings is 1. The summed E-state index contributed by atoms with van der Waals surface area (Å²) in [4.78, 5) is 10.6. The summed E-state index contributed by atoms with van der Waals surface area (Å²) < 4.78 is 10.1. The van der Waals surface area contributed by atoms with Gasteiger partial charge in [0.15, 0.2) is 0 Å². The van der Waals surface area contributed by atoms with Crippen LogP contribution in [0.2, 0.25) is 0 Å². The van der Waals surface area contributed by atoms with Crippen LogP contribution in [0.15, 0.2) is 16.7 Å². The molecule has 1 aromatic heterocycles. The first kappa shape index (κ1) is 13.7. The minimum absolute atomic E-state index is 0.196. The van der Waals surface area contributed by atoms with E-state index in [1.54, 1.807) is 13.2 Å². The highest BCUT2D eigenvalue weighted by Gasteiger charge is 2.07. The third-order valence-electron chi connectivity index (χ3n) is 2.40. The second-order valence-corrected chi connectivity index (χ2v) is 3.84. The number of methoxy groups -OCH3 is 1. The molecule has 0 bridgehead atoms. The number of unbranched alkanes of at least 4 members (excludes halogenated alkanes) is 2. The zero-order valence-corrected chi connectivity index (χ0v) is 10.1. The predicted molar refractivity (Wildman–Crippen MR) is 63.1 cm³/mol. The van der Waals surface area contributed by atoms with E-state index in [4.69, 9.17) is 14.3 Å². The molecule has 5 heteroatoms. The maximum atomic E-state index is 10.6. The largest absolute Gasteiger partial charge is 0.478 e. The monoisotopic (exact) mass is 241 g/mol. The Morgan fingerprint density at radius 1 is 1.47 bits per heavy atom. The number of carboxylic acids is 1. The van der Waals surface area contributed by atoms with Crippen LogP contribution in [0.1, 0.15) is 35.4 Å². The van der Waals surface area contributed by atoms with Crippen molar-refractivity contribution in [1.29, 1.82) is 0 Å². The first-order valence-corrected chi connectivity index (χ1v) is 5.74. The Hall–Kier alpha value is -1.33. The summed E-state index contributed by atoms with van der Waals surface area (Å²) in [7, 11) is 1.70. The molecule has 5 nitrogen and oxygen atoms in total. The molecule has 0 spiro atoms. The molecule has 0 fully saturated rings. The summed E-state index contributed by atoms with van der Waals surface area (Å²) in [5, 5.41) is 11.9. The van der Waals surface area contributed by atoms with Crippen molar-refractivity contribution in [3.05, 3.63) is 23.7 Å². The van der Waals surface area contributed by atoms with Crippen LogP contribution < -0.4 is 5.32 Å². The van der Waals surface area contributed by atoms with Crippen molar-refractivity contribution in [2.75, 3.05) is 20.3 Å². The van der Waals surface area contributed by atoms with E-state index in [1.165, 1.54) is 6.26 Å². The Kier molecular flexibility index (Phi) is 6.35. The van der Waals surface area contributed by atoms with Gasteiger partial charge in [0.1, 0.15) is 12.0 Å². The number of hydrogen-bond donors (Lipinski definition) is 2. The van der Waals surface area contributed by atoms with Gasteiger partial charge in [0.25, 0.3) is 0 Å². The number of rotatable bonds is 9. The molecule has 0 aliphatic rings. The van der Waals surface area contributed by atoms with Gasteiger partial charge in [-0.2, -0.15) is 0 Å². The van der Waals surface area contributed by atoms with Crippen molar-refractivity contribution in [2.24, 2.45) is 0 Å². The van der Waals surface area contributed by atoms with Crippen molar-refractivity contribution in [1.82, 2.24) is 5.32 Å². The Bertz CT molecular complexity index is 335. The molecule has 96 valence electrons. The second-order valence-electron chi connectivity index (χ2n) is 3.84. The molecule has 0 aliphatic carbocycles. The highest BCUT2D eigenvalue weighted by Crippen LogP contribution is 2.07. The van der Waals surface area contributed by atoms with Crippen molar-refractivity contribution in [3.63, 3.8) is 0 Å². The average Bonchev–Trinajstić information content (AvgIpc) is 2.77. The minimum Gasteiger partial charge on any atom is -0.478 e. The lowest BCUT2D eigenvalue weighted by molar-refractivity contribution is 0.0696. The van der Waals surface area contributed by atoms with Crippen LogP contribution in [-0.4, -0.2) is 31.3 Å². The molecular weight excluding hydrogens is 222 g/mol. The van der Waals surface area contributed by atoms with Gasteiger partial charge in [0, 0.05) is 13.7 Å². The standard InChI is InChI=1S/C12H19NO4/c1-16-6-4-2-3-5-13-8-11-7-10(9-17-11)12(14)15/h7,9,13H,2-6,8H2,1H3,(H,14,15). The van der Waals surface area contributed by atoms with Gasteiger partial charge < -0.3 is 19.6 Å². The summed E-state index contributed by atoms with van der Waals surface area (Å²) in [6.45, 7) is 2.27. The van der Waals surface area contributed by atoms with E-state index in [9.17, 15) is 4.79 Å². The molecule has 0 aromatic carbocycles. The number of ether oxygens (including phenoxy) is 1. The predicted octanol–water partition coefficient (Wildman–Crippen LogP) is 1.88. The normalized spacial score (nSPS) is 10.6. The fourth-order valence-corrected chi connectivity index (χ4v) is 1.47. The molecule has 0 saturated heterocycles. The van der Waals surface area contributed by atoms with Gasteiger partial charge in [-0.05, 0) is 31.9 Å². The van der Waals surface area contributed by atoms with Crippen LogP contribution in [0.4, 0.5) is 0 Å². The summed E-state index contributed by atoms with van der Waals surface area (Å²) in [6.07, 6.45) is 4.54. The van der Waals surface area contributed by atoms with Gasteiger partial charge in [0.05, 0.1) is 12.1 Å². The van der Waals surface area contributed by atoms with E-state index in [0.717, 1.165) is 32.4 Å². The molecule has 2 N–H and O–H groups in total. The van der Waals surface area contributed by atoms with Gasteiger partial charge in [-0.1, -0.05) is 0 Å². The molecule has 0 unspecified atom stereocenters. The van der Waals surface area contributed by atoms with E-state index in [-0.39, 0.29) is 5.56 Å². The zero-order chi connectivity index (χ0) is 12.5. The van der Waals surface area contributed by atoms with Crippen molar-refractivity contribution in [2.45, 2.75) is 25.8 Å². The van der Waals surface area contributed by atoms with Gasteiger partial charge >= 0.3 is 5.97 Å². The maximum absolute atomic E-state index is 10.6. The molecule has 0 amide bonds. The van der Waals surface area contributed by atoms with Crippen LogP contribution >= 0.6 is 0 Å². The van der Waals surface area contributed by atoms with Crippen LogP contribution in [0.25, 0.3) is 0 Å². The molecule has 1 rings (SSSR count). The SMILES string of the molecule is COCCCCCNCc1cc(C(=O)O)co1. The quantitative estimate of drug-likeness (QED) is 0.646. The van der Waals surface area contributed by atoms with E-state index >= 15 is 0 Å².